The first kappa shape index (κ1) is 19.4. The molecule has 1 aliphatic heterocycles. The minimum absolute atomic E-state index is 0.0645. The van der Waals surface area contributed by atoms with E-state index in [1.807, 2.05) is 0 Å². The van der Waals surface area contributed by atoms with Crippen LogP contribution in [0.3, 0.4) is 0 Å². The van der Waals surface area contributed by atoms with Crippen LogP contribution in [0.4, 0.5) is 0 Å². The van der Waals surface area contributed by atoms with Gasteiger partial charge in [-0.1, -0.05) is 19.3 Å². The second-order valence-electron chi connectivity index (χ2n) is 6.52. The van der Waals surface area contributed by atoms with Crippen molar-refractivity contribution >= 4 is 33.3 Å². The van der Waals surface area contributed by atoms with Crippen LogP contribution in [0, 0.1) is 5.92 Å². The molecule has 3 N–H and O–H groups in total. The normalized spacial score (nSPS) is 23.5. The van der Waals surface area contributed by atoms with Crippen LogP contribution in [0.1, 0.15) is 51.9 Å². The van der Waals surface area contributed by atoms with Crippen LogP contribution in [0.25, 0.3) is 0 Å². The molecule has 0 radical (unpaired) electrons. The molecule has 0 aromatic rings. The van der Waals surface area contributed by atoms with Gasteiger partial charge in [-0.3, -0.25) is 15.6 Å². The van der Waals surface area contributed by atoms with Crippen molar-refractivity contribution in [3.05, 3.63) is 0 Å². The highest BCUT2D eigenvalue weighted by Crippen LogP contribution is 2.19. The Balaban J connectivity index is 1.76. The van der Waals surface area contributed by atoms with Gasteiger partial charge in [-0.2, -0.15) is 0 Å². The van der Waals surface area contributed by atoms with Gasteiger partial charge in [0.2, 0.25) is 15.9 Å². The Labute approximate surface area is 149 Å². The van der Waals surface area contributed by atoms with Gasteiger partial charge in [0.25, 0.3) is 0 Å². The number of nitrogens with one attached hydrogen (secondary N) is 3. The number of rotatable bonds is 4. The number of hydrazine groups is 1. The SMILES string of the molecule is CCS(=O)(=O)N1CCC[C@H](C(=O)NNC(=S)NC2CCCCC2)C1. The molecule has 1 heterocycles. The van der Waals surface area contributed by atoms with E-state index in [1.165, 1.54) is 23.6 Å². The van der Waals surface area contributed by atoms with Crippen LogP contribution in [0.5, 0.6) is 0 Å². The van der Waals surface area contributed by atoms with Gasteiger partial charge in [0.15, 0.2) is 5.11 Å². The summed E-state index contributed by atoms with van der Waals surface area (Å²) < 4.78 is 25.3. The Morgan fingerprint density at radius 3 is 2.50 bits per heavy atom. The van der Waals surface area contributed by atoms with E-state index in [0.717, 1.165) is 12.8 Å². The lowest BCUT2D eigenvalue weighted by atomic mass is 9.96. The summed E-state index contributed by atoms with van der Waals surface area (Å²) in [5.74, 6) is -0.488. The molecule has 2 rings (SSSR count). The van der Waals surface area contributed by atoms with Crippen LogP contribution in [0.2, 0.25) is 0 Å². The maximum atomic E-state index is 12.3. The van der Waals surface area contributed by atoms with E-state index >= 15 is 0 Å². The standard InChI is InChI=1S/C15H28N4O3S2/c1-2-24(21,22)19-10-6-7-12(11-19)14(20)17-18-15(23)16-13-8-4-3-5-9-13/h12-13H,2-11H2,1H3,(H,17,20)(H2,16,18,23)/t12-/m0/s1. The largest absolute Gasteiger partial charge is 0.359 e. The number of nitrogens with zero attached hydrogens (tertiary/aromatic N) is 1. The van der Waals surface area contributed by atoms with E-state index in [-0.39, 0.29) is 24.1 Å². The molecule has 0 spiro atoms. The van der Waals surface area contributed by atoms with Crippen molar-refractivity contribution in [1.29, 1.82) is 0 Å². The summed E-state index contributed by atoms with van der Waals surface area (Å²) in [7, 11) is -3.24. The van der Waals surface area contributed by atoms with E-state index in [4.69, 9.17) is 12.2 Å². The van der Waals surface area contributed by atoms with Crippen LogP contribution < -0.4 is 16.2 Å². The van der Waals surface area contributed by atoms with E-state index in [1.54, 1.807) is 6.92 Å². The quantitative estimate of drug-likeness (QED) is 0.498. The molecule has 7 nitrogen and oxygen atoms in total. The number of piperidine rings is 1. The van der Waals surface area contributed by atoms with Gasteiger partial charge in [-0.25, -0.2) is 12.7 Å². The third-order valence-corrected chi connectivity index (χ3v) is 6.82. The highest BCUT2D eigenvalue weighted by Gasteiger charge is 2.31. The first-order valence-corrected chi connectivity index (χ1v) is 10.8. The Morgan fingerprint density at radius 1 is 1.12 bits per heavy atom. The predicted molar refractivity (Wildman–Crippen MR) is 97.6 cm³/mol. The molecule has 138 valence electrons. The topological polar surface area (TPSA) is 90.5 Å². The van der Waals surface area contributed by atoms with E-state index in [0.29, 0.717) is 30.5 Å². The maximum Gasteiger partial charge on any atom is 0.242 e. The van der Waals surface area contributed by atoms with Crippen LogP contribution >= 0.6 is 12.2 Å². The van der Waals surface area contributed by atoms with Gasteiger partial charge in [0.1, 0.15) is 0 Å². The molecule has 2 fully saturated rings. The van der Waals surface area contributed by atoms with Gasteiger partial charge >= 0.3 is 0 Å². The zero-order valence-electron chi connectivity index (χ0n) is 14.2. The van der Waals surface area contributed by atoms with Crippen LogP contribution in [-0.4, -0.2) is 48.6 Å². The summed E-state index contributed by atoms with van der Waals surface area (Å²) in [6.45, 7) is 2.36. The summed E-state index contributed by atoms with van der Waals surface area (Å²) in [6, 6.07) is 0.371. The van der Waals surface area contributed by atoms with E-state index in [2.05, 4.69) is 16.2 Å². The molecule has 2 aliphatic rings. The number of carbonyl (C=O) groups excluding carboxylic acids is 1. The van der Waals surface area contributed by atoms with Gasteiger partial charge < -0.3 is 5.32 Å². The second-order valence-corrected chi connectivity index (χ2v) is 9.19. The molecule has 1 atom stereocenters. The first-order valence-electron chi connectivity index (χ1n) is 8.76. The molecule has 0 unspecified atom stereocenters. The predicted octanol–water partition coefficient (Wildman–Crippen LogP) is 0.876. The number of sulfonamides is 1. The molecule has 24 heavy (non-hydrogen) atoms. The van der Waals surface area contributed by atoms with E-state index < -0.39 is 10.0 Å². The van der Waals surface area contributed by atoms with Crippen LogP contribution in [-0.2, 0) is 14.8 Å². The molecule has 1 saturated heterocycles. The lowest BCUT2D eigenvalue weighted by Gasteiger charge is -2.31. The number of amides is 1. The Bertz CT molecular complexity index is 547. The fraction of sp³-hybridized carbons (Fsp3) is 0.867. The fourth-order valence-corrected chi connectivity index (χ4v) is 4.68. The molecular formula is C15H28N4O3S2. The lowest BCUT2D eigenvalue weighted by molar-refractivity contribution is -0.126. The summed E-state index contributed by atoms with van der Waals surface area (Å²) in [5, 5.41) is 3.64. The van der Waals surface area contributed by atoms with Crippen molar-refractivity contribution in [2.75, 3.05) is 18.8 Å². The Hall–Kier alpha value is -0.930. The Morgan fingerprint density at radius 2 is 1.83 bits per heavy atom. The first-order chi connectivity index (χ1) is 11.4. The summed E-state index contributed by atoms with van der Waals surface area (Å²) in [5.41, 5.74) is 5.37. The molecule has 1 aliphatic carbocycles. The molecule has 9 heteroatoms. The summed E-state index contributed by atoms with van der Waals surface area (Å²) >= 11 is 5.21. The van der Waals surface area contributed by atoms with Crippen LogP contribution in [0.15, 0.2) is 0 Å². The number of carbonyl (C=O) groups is 1. The lowest BCUT2D eigenvalue weighted by Crippen LogP contribution is -2.53. The highest BCUT2D eigenvalue weighted by atomic mass is 32.2. The average Bonchev–Trinajstić information content (AvgIpc) is 2.60. The zero-order valence-corrected chi connectivity index (χ0v) is 15.8. The average molecular weight is 377 g/mol. The van der Waals surface area contributed by atoms with Gasteiger partial charge in [-0.15, -0.1) is 0 Å². The van der Waals surface area contributed by atoms with Crippen molar-refractivity contribution in [2.45, 2.75) is 57.9 Å². The fourth-order valence-electron chi connectivity index (χ4n) is 3.28. The minimum Gasteiger partial charge on any atom is -0.359 e. The molecule has 0 aromatic carbocycles. The minimum atomic E-state index is -3.24. The van der Waals surface area contributed by atoms with Crippen molar-refractivity contribution in [1.82, 2.24) is 20.5 Å². The second kappa shape index (κ2) is 8.96. The van der Waals surface area contributed by atoms with E-state index in [9.17, 15) is 13.2 Å². The summed E-state index contributed by atoms with van der Waals surface area (Å²) in [4.78, 5) is 12.3. The van der Waals surface area contributed by atoms with Gasteiger partial charge in [0.05, 0.1) is 11.7 Å². The van der Waals surface area contributed by atoms with Gasteiger partial charge in [0, 0.05) is 19.1 Å². The molecule has 1 saturated carbocycles. The molecule has 0 aromatic heterocycles. The summed E-state index contributed by atoms with van der Waals surface area (Å²) in [6.07, 6.45) is 7.26. The van der Waals surface area contributed by atoms with Crippen molar-refractivity contribution in [2.24, 2.45) is 5.92 Å². The number of thiocarbonyl (C=S) groups is 1. The maximum absolute atomic E-state index is 12.3. The van der Waals surface area contributed by atoms with Gasteiger partial charge in [-0.05, 0) is 44.8 Å². The molecule has 1 amide bonds. The third kappa shape index (κ3) is 5.56. The monoisotopic (exact) mass is 376 g/mol. The highest BCUT2D eigenvalue weighted by molar-refractivity contribution is 7.89. The zero-order chi connectivity index (χ0) is 17.6. The number of hydrogen-bond acceptors (Lipinski definition) is 4. The third-order valence-electron chi connectivity index (χ3n) is 4.75. The van der Waals surface area contributed by atoms with Crippen molar-refractivity contribution < 1.29 is 13.2 Å². The number of hydrogen-bond donors (Lipinski definition) is 3. The molecule has 0 bridgehead atoms. The van der Waals surface area contributed by atoms with Crippen molar-refractivity contribution in [3.8, 4) is 0 Å². The molecular weight excluding hydrogens is 348 g/mol. The van der Waals surface area contributed by atoms with Crippen molar-refractivity contribution in [3.63, 3.8) is 0 Å². The smallest absolute Gasteiger partial charge is 0.242 e. The Kier molecular flexibility index (Phi) is 7.24.